The fourth-order valence-electron chi connectivity index (χ4n) is 3.01. The number of benzene rings is 1. The summed E-state index contributed by atoms with van der Waals surface area (Å²) in [5.74, 6) is -0.679. The second-order valence-corrected chi connectivity index (χ2v) is 8.36. The number of nitrogens with one attached hydrogen (secondary N) is 1. The smallest absolute Gasteiger partial charge is 0.237 e. The summed E-state index contributed by atoms with van der Waals surface area (Å²) in [6, 6.07) is 6.17. The molecule has 0 unspecified atom stereocenters. The van der Waals surface area contributed by atoms with Gasteiger partial charge in [-0.05, 0) is 43.9 Å². The van der Waals surface area contributed by atoms with Crippen molar-refractivity contribution in [3.05, 3.63) is 46.9 Å². The lowest BCUT2D eigenvalue weighted by atomic mass is 10.2. The molecule has 25 heavy (non-hydrogen) atoms. The molecule has 1 amide bonds. The Morgan fingerprint density at radius 3 is 3.00 bits per heavy atom. The van der Waals surface area contributed by atoms with Gasteiger partial charge >= 0.3 is 0 Å². The maximum Gasteiger partial charge on any atom is 0.237 e. The molecular formula is C18H16FN3OS2. The van der Waals surface area contributed by atoms with Crippen molar-refractivity contribution in [3.8, 4) is 0 Å². The normalized spacial score (nSPS) is 14.5. The van der Waals surface area contributed by atoms with Gasteiger partial charge in [0.05, 0.1) is 10.9 Å². The maximum atomic E-state index is 13.7. The number of aromatic nitrogens is 2. The molecule has 1 aliphatic carbocycles. The summed E-state index contributed by atoms with van der Waals surface area (Å²) < 4.78 is 13.7. The Morgan fingerprint density at radius 1 is 1.32 bits per heavy atom. The van der Waals surface area contributed by atoms with Gasteiger partial charge in [0.15, 0.2) is 0 Å². The quantitative estimate of drug-likeness (QED) is 0.543. The third kappa shape index (κ3) is 3.14. The third-order valence-corrected chi connectivity index (χ3v) is 6.56. The average molecular weight is 373 g/mol. The lowest BCUT2D eigenvalue weighted by Gasteiger charge is -2.12. The largest absolute Gasteiger partial charge is 0.323 e. The number of carbonyl (C=O) groups is 1. The second kappa shape index (κ2) is 6.72. The number of aryl methyl sites for hydroxylation is 2. The van der Waals surface area contributed by atoms with Crippen molar-refractivity contribution in [1.29, 1.82) is 0 Å². The average Bonchev–Trinajstić information content (AvgIpc) is 3.18. The highest BCUT2D eigenvalue weighted by Gasteiger charge is 2.24. The van der Waals surface area contributed by atoms with Crippen LogP contribution < -0.4 is 5.32 Å². The van der Waals surface area contributed by atoms with Crippen LogP contribution in [-0.2, 0) is 17.6 Å². The molecule has 2 heterocycles. The zero-order valence-electron chi connectivity index (χ0n) is 13.6. The highest BCUT2D eigenvalue weighted by atomic mass is 32.2. The number of hydrogen-bond acceptors (Lipinski definition) is 5. The number of rotatable bonds is 4. The zero-order valence-corrected chi connectivity index (χ0v) is 15.2. The Labute approximate surface area is 152 Å². The Morgan fingerprint density at radius 2 is 2.16 bits per heavy atom. The van der Waals surface area contributed by atoms with Crippen molar-refractivity contribution >= 4 is 44.9 Å². The summed E-state index contributed by atoms with van der Waals surface area (Å²) in [5.41, 5.74) is 1.54. The van der Waals surface area contributed by atoms with Gasteiger partial charge in [0.25, 0.3) is 0 Å². The van der Waals surface area contributed by atoms with Crippen LogP contribution in [0.5, 0.6) is 0 Å². The van der Waals surface area contributed by atoms with Gasteiger partial charge in [0.2, 0.25) is 5.91 Å². The first-order valence-electron chi connectivity index (χ1n) is 8.11. The summed E-state index contributed by atoms with van der Waals surface area (Å²) in [7, 11) is 0. The minimum Gasteiger partial charge on any atom is -0.323 e. The van der Waals surface area contributed by atoms with Crippen LogP contribution in [0.25, 0.3) is 10.2 Å². The van der Waals surface area contributed by atoms with Gasteiger partial charge in [0.1, 0.15) is 22.0 Å². The molecule has 2 aromatic heterocycles. The van der Waals surface area contributed by atoms with E-state index in [9.17, 15) is 9.18 Å². The number of nitrogens with zero attached hydrogens (tertiary/aromatic N) is 2. The van der Waals surface area contributed by atoms with Crippen molar-refractivity contribution in [1.82, 2.24) is 9.97 Å². The van der Waals surface area contributed by atoms with E-state index in [-0.39, 0.29) is 11.6 Å². The number of fused-ring (bicyclic) bond motifs is 3. The van der Waals surface area contributed by atoms with E-state index in [4.69, 9.17) is 0 Å². The van der Waals surface area contributed by atoms with E-state index in [0.717, 1.165) is 28.1 Å². The SMILES string of the molecule is C[C@@H](Sc1ncnc2sc3c(c12)CCC3)C(=O)Nc1ccccc1F. The van der Waals surface area contributed by atoms with Crippen LogP contribution in [0.2, 0.25) is 0 Å². The van der Waals surface area contributed by atoms with E-state index < -0.39 is 11.1 Å². The predicted octanol–water partition coefficient (Wildman–Crippen LogP) is 4.44. The fourth-order valence-corrected chi connectivity index (χ4v) is 5.25. The van der Waals surface area contributed by atoms with Crippen LogP contribution in [0.15, 0.2) is 35.6 Å². The molecule has 0 spiro atoms. The number of hydrogen-bond donors (Lipinski definition) is 1. The predicted molar refractivity (Wildman–Crippen MR) is 99.8 cm³/mol. The number of thiophene rings is 1. The monoisotopic (exact) mass is 373 g/mol. The summed E-state index contributed by atoms with van der Waals surface area (Å²) in [6.45, 7) is 1.81. The van der Waals surface area contributed by atoms with Crippen LogP contribution in [0.4, 0.5) is 10.1 Å². The topological polar surface area (TPSA) is 54.9 Å². The van der Waals surface area contributed by atoms with Gasteiger partial charge in [-0.3, -0.25) is 4.79 Å². The fraction of sp³-hybridized carbons (Fsp3) is 0.278. The first kappa shape index (κ1) is 16.5. The van der Waals surface area contributed by atoms with E-state index >= 15 is 0 Å². The maximum absolute atomic E-state index is 13.7. The molecule has 0 saturated carbocycles. The standard InChI is InChI=1S/C18H16FN3OS2/c1-10(16(23)22-13-7-3-2-6-12(13)19)24-17-15-11-5-4-8-14(11)25-18(15)21-9-20-17/h2-3,6-7,9-10H,4-5,8H2,1H3,(H,22,23)/t10-/m1/s1. The molecule has 0 saturated heterocycles. The van der Waals surface area contributed by atoms with Gasteiger partial charge in [-0.15, -0.1) is 11.3 Å². The highest BCUT2D eigenvalue weighted by Crippen LogP contribution is 2.40. The van der Waals surface area contributed by atoms with Gasteiger partial charge in [-0.2, -0.15) is 0 Å². The molecule has 1 aliphatic rings. The van der Waals surface area contributed by atoms with Crippen LogP contribution >= 0.6 is 23.1 Å². The molecule has 0 radical (unpaired) electrons. The number of halogens is 1. The summed E-state index contributed by atoms with van der Waals surface area (Å²) in [4.78, 5) is 23.6. The molecule has 1 N–H and O–H groups in total. The van der Waals surface area contributed by atoms with E-state index in [0.29, 0.717) is 0 Å². The van der Waals surface area contributed by atoms with E-state index in [2.05, 4.69) is 15.3 Å². The van der Waals surface area contributed by atoms with Crippen molar-refractivity contribution in [2.75, 3.05) is 5.32 Å². The number of amides is 1. The molecule has 0 aliphatic heterocycles. The minimum absolute atomic E-state index is 0.198. The third-order valence-electron chi connectivity index (χ3n) is 4.26. The van der Waals surface area contributed by atoms with Crippen molar-refractivity contribution in [3.63, 3.8) is 0 Å². The van der Waals surface area contributed by atoms with Crippen molar-refractivity contribution < 1.29 is 9.18 Å². The molecule has 1 atom stereocenters. The Kier molecular flexibility index (Phi) is 4.43. The summed E-state index contributed by atoms with van der Waals surface area (Å²) in [5, 5.41) is 4.18. The first-order chi connectivity index (χ1) is 12.1. The minimum atomic E-state index is -0.437. The van der Waals surface area contributed by atoms with Crippen LogP contribution in [0.3, 0.4) is 0 Å². The number of anilines is 1. The van der Waals surface area contributed by atoms with Gasteiger partial charge in [0, 0.05) is 10.3 Å². The van der Waals surface area contributed by atoms with Gasteiger partial charge < -0.3 is 5.32 Å². The molecule has 0 fully saturated rings. The van der Waals surface area contributed by atoms with Crippen LogP contribution in [-0.4, -0.2) is 21.1 Å². The first-order valence-corrected chi connectivity index (χ1v) is 9.80. The summed E-state index contributed by atoms with van der Waals surface area (Å²) in [6.07, 6.45) is 4.87. The molecule has 1 aromatic carbocycles. The molecule has 7 heteroatoms. The molecule has 0 bridgehead atoms. The van der Waals surface area contributed by atoms with E-state index in [1.807, 2.05) is 0 Å². The zero-order chi connectivity index (χ0) is 17.4. The summed E-state index contributed by atoms with van der Waals surface area (Å²) >= 11 is 3.12. The van der Waals surface area contributed by atoms with Gasteiger partial charge in [-0.1, -0.05) is 23.9 Å². The lowest BCUT2D eigenvalue weighted by molar-refractivity contribution is -0.115. The van der Waals surface area contributed by atoms with Gasteiger partial charge in [-0.25, -0.2) is 14.4 Å². The van der Waals surface area contributed by atoms with E-state index in [1.165, 1.54) is 34.7 Å². The van der Waals surface area contributed by atoms with Crippen LogP contribution in [0, 0.1) is 5.82 Å². The van der Waals surface area contributed by atoms with Crippen molar-refractivity contribution in [2.24, 2.45) is 0 Å². The molecule has 4 rings (SSSR count). The molecular weight excluding hydrogens is 357 g/mol. The Balaban J connectivity index is 1.57. The number of thioether (sulfide) groups is 1. The van der Waals surface area contributed by atoms with Crippen molar-refractivity contribution in [2.45, 2.75) is 36.5 Å². The molecule has 128 valence electrons. The lowest BCUT2D eigenvalue weighted by Crippen LogP contribution is -2.23. The number of para-hydroxylation sites is 1. The Hall–Kier alpha value is -1.99. The Bertz CT molecular complexity index is 957. The second-order valence-electron chi connectivity index (χ2n) is 5.95. The van der Waals surface area contributed by atoms with E-state index in [1.54, 1.807) is 42.8 Å². The molecule has 4 nitrogen and oxygen atoms in total. The van der Waals surface area contributed by atoms with Crippen LogP contribution in [0.1, 0.15) is 23.8 Å². The molecule has 3 aromatic rings. The number of carbonyl (C=O) groups excluding carboxylic acids is 1. The highest BCUT2D eigenvalue weighted by molar-refractivity contribution is 8.00.